The molecule has 0 saturated heterocycles. The van der Waals surface area contributed by atoms with Crippen LogP contribution >= 0.6 is 0 Å². The summed E-state index contributed by atoms with van der Waals surface area (Å²) in [5.74, 6) is -0.122. The second-order valence-corrected chi connectivity index (χ2v) is 5.12. The number of benzene rings is 2. The summed E-state index contributed by atoms with van der Waals surface area (Å²) in [5.41, 5.74) is 1.08. The Bertz CT molecular complexity index is 706. The Balaban J connectivity index is 1.71. The minimum Gasteiger partial charge on any atom is -0.497 e. The molecular weight excluding hydrogens is 328 g/mol. The Labute approximate surface area is 145 Å². The molecular formula is C18H21F2N3O2. The molecule has 0 aromatic heterocycles. The lowest BCUT2D eigenvalue weighted by Gasteiger charge is -2.13. The standard InChI is InChI=1S/C18H21F2N3O2/c1-21-18(23-12-13-3-5-14(24-2)6-4-13)22-9-10-25-15-7-8-16(19)17(20)11-15/h3-8,11H,9-10,12H2,1-2H3,(H2,21,22,23). The Morgan fingerprint density at radius 3 is 2.36 bits per heavy atom. The van der Waals surface area contributed by atoms with Crippen LogP contribution in [0.4, 0.5) is 8.78 Å². The van der Waals surface area contributed by atoms with Gasteiger partial charge in [-0.25, -0.2) is 8.78 Å². The maximum atomic E-state index is 13.1. The first-order valence-electron chi connectivity index (χ1n) is 7.77. The van der Waals surface area contributed by atoms with Crippen molar-refractivity contribution in [3.8, 4) is 11.5 Å². The first-order valence-corrected chi connectivity index (χ1v) is 7.77. The van der Waals surface area contributed by atoms with E-state index in [-0.39, 0.29) is 12.4 Å². The van der Waals surface area contributed by atoms with Gasteiger partial charge >= 0.3 is 0 Å². The van der Waals surface area contributed by atoms with Crippen LogP contribution in [0.15, 0.2) is 47.5 Å². The average molecular weight is 349 g/mol. The lowest BCUT2D eigenvalue weighted by Crippen LogP contribution is -2.38. The number of aliphatic imine (C=N–C) groups is 1. The van der Waals surface area contributed by atoms with Crippen molar-refractivity contribution in [1.29, 1.82) is 0 Å². The predicted molar refractivity (Wildman–Crippen MR) is 93.0 cm³/mol. The van der Waals surface area contributed by atoms with E-state index in [2.05, 4.69) is 15.6 Å². The van der Waals surface area contributed by atoms with Crippen molar-refractivity contribution in [2.45, 2.75) is 6.54 Å². The highest BCUT2D eigenvalue weighted by molar-refractivity contribution is 5.79. The highest BCUT2D eigenvalue weighted by atomic mass is 19.2. The van der Waals surface area contributed by atoms with Crippen molar-refractivity contribution in [3.63, 3.8) is 0 Å². The van der Waals surface area contributed by atoms with Crippen LogP contribution in [0.2, 0.25) is 0 Å². The third-order valence-corrected chi connectivity index (χ3v) is 3.40. The fourth-order valence-electron chi connectivity index (χ4n) is 2.05. The van der Waals surface area contributed by atoms with Crippen LogP contribution in [0.1, 0.15) is 5.56 Å². The molecule has 2 aromatic rings. The van der Waals surface area contributed by atoms with Gasteiger partial charge in [0, 0.05) is 19.7 Å². The molecule has 0 amide bonds. The van der Waals surface area contributed by atoms with E-state index >= 15 is 0 Å². The van der Waals surface area contributed by atoms with Crippen molar-refractivity contribution in [2.24, 2.45) is 4.99 Å². The SMILES string of the molecule is CN=C(NCCOc1ccc(F)c(F)c1)NCc1ccc(OC)cc1. The minimum atomic E-state index is -0.928. The molecule has 0 saturated carbocycles. The van der Waals surface area contributed by atoms with E-state index in [1.165, 1.54) is 6.07 Å². The fraction of sp³-hybridized carbons (Fsp3) is 0.278. The zero-order valence-corrected chi connectivity index (χ0v) is 14.2. The number of nitrogens with zero attached hydrogens (tertiary/aromatic N) is 1. The normalized spacial score (nSPS) is 11.1. The Kier molecular flexibility index (Phi) is 7.00. The van der Waals surface area contributed by atoms with E-state index in [1.54, 1.807) is 14.2 Å². The summed E-state index contributed by atoms with van der Waals surface area (Å²) in [6.07, 6.45) is 0. The summed E-state index contributed by atoms with van der Waals surface area (Å²) in [6, 6.07) is 11.1. The molecule has 0 aliphatic heterocycles. The molecule has 0 atom stereocenters. The number of methoxy groups -OCH3 is 1. The lowest BCUT2D eigenvalue weighted by atomic mass is 10.2. The zero-order chi connectivity index (χ0) is 18.1. The number of hydrogen-bond donors (Lipinski definition) is 2. The van der Waals surface area contributed by atoms with Gasteiger partial charge in [-0.05, 0) is 29.8 Å². The highest BCUT2D eigenvalue weighted by Gasteiger charge is 2.03. The molecule has 5 nitrogen and oxygen atoms in total. The van der Waals surface area contributed by atoms with Crippen molar-refractivity contribution >= 4 is 5.96 Å². The van der Waals surface area contributed by atoms with E-state index in [4.69, 9.17) is 9.47 Å². The maximum absolute atomic E-state index is 13.1. The third kappa shape index (κ3) is 5.95. The minimum absolute atomic E-state index is 0.280. The van der Waals surface area contributed by atoms with E-state index < -0.39 is 11.6 Å². The van der Waals surface area contributed by atoms with Crippen molar-refractivity contribution in [2.75, 3.05) is 27.3 Å². The van der Waals surface area contributed by atoms with Gasteiger partial charge in [-0.1, -0.05) is 12.1 Å². The molecule has 2 N–H and O–H groups in total. The first kappa shape index (κ1) is 18.5. The van der Waals surface area contributed by atoms with Crippen molar-refractivity contribution < 1.29 is 18.3 Å². The van der Waals surface area contributed by atoms with Crippen LogP contribution in [0.3, 0.4) is 0 Å². The number of ether oxygens (including phenoxy) is 2. The monoisotopic (exact) mass is 349 g/mol. The fourth-order valence-corrected chi connectivity index (χ4v) is 2.05. The van der Waals surface area contributed by atoms with Gasteiger partial charge in [0.25, 0.3) is 0 Å². The molecule has 0 unspecified atom stereocenters. The number of hydrogen-bond acceptors (Lipinski definition) is 3. The molecule has 0 radical (unpaired) electrons. The van der Waals surface area contributed by atoms with Crippen LogP contribution < -0.4 is 20.1 Å². The highest BCUT2D eigenvalue weighted by Crippen LogP contribution is 2.15. The molecule has 134 valence electrons. The zero-order valence-electron chi connectivity index (χ0n) is 14.2. The molecule has 7 heteroatoms. The van der Waals surface area contributed by atoms with Crippen LogP contribution in [-0.4, -0.2) is 33.3 Å². The Hall–Kier alpha value is -2.83. The first-order chi connectivity index (χ1) is 12.1. The number of guanidine groups is 1. The second kappa shape index (κ2) is 9.46. The van der Waals surface area contributed by atoms with Crippen molar-refractivity contribution in [1.82, 2.24) is 10.6 Å². The molecule has 25 heavy (non-hydrogen) atoms. The summed E-state index contributed by atoms with van der Waals surface area (Å²) >= 11 is 0. The van der Waals surface area contributed by atoms with Crippen LogP contribution in [0.25, 0.3) is 0 Å². The van der Waals surface area contributed by atoms with Gasteiger partial charge in [0.1, 0.15) is 18.1 Å². The van der Waals surface area contributed by atoms with E-state index in [0.717, 1.165) is 23.4 Å². The molecule has 2 rings (SSSR count). The Morgan fingerprint density at radius 1 is 1.00 bits per heavy atom. The van der Waals surface area contributed by atoms with E-state index in [1.807, 2.05) is 24.3 Å². The van der Waals surface area contributed by atoms with E-state index in [0.29, 0.717) is 19.0 Å². The quantitative estimate of drug-likeness (QED) is 0.458. The summed E-state index contributed by atoms with van der Waals surface area (Å²) in [5, 5.41) is 6.25. The average Bonchev–Trinajstić information content (AvgIpc) is 2.64. The van der Waals surface area contributed by atoms with Gasteiger partial charge in [-0.2, -0.15) is 0 Å². The third-order valence-electron chi connectivity index (χ3n) is 3.40. The molecule has 0 heterocycles. The largest absolute Gasteiger partial charge is 0.497 e. The van der Waals surface area contributed by atoms with Crippen molar-refractivity contribution in [3.05, 3.63) is 59.7 Å². The molecule has 0 aliphatic carbocycles. The predicted octanol–water partition coefficient (Wildman–Crippen LogP) is 2.72. The summed E-state index contributed by atoms with van der Waals surface area (Å²) in [4.78, 5) is 4.11. The number of halogens is 2. The molecule has 0 spiro atoms. The van der Waals surface area contributed by atoms with Gasteiger partial charge in [0.2, 0.25) is 0 Å². The topological polar surface area (TPSA) is 54.9 Å². The summed E-state index contributed by atoms with van der Waals surface area (Å²) < 4.78 is 36.4. The van der Waals surface area contributed by atoms with Crippen LogP contribution in [0, 0.1) is 11.6 Å². The molecule has 0 aliphatic rings. The van der Waals surface area contributed by atoms with Crippen LogP contribution in [-0.2, 0) is 6.54 Å². The maximum Gasteiger partial charge on any atom is 0.191 e. The lowest BCUT2D eigenvalue weighted by molar-refractivity contribution is 0.318. The van der Waals surface area contributed by atoms with Gasteiger partial charge in [-0.3, -0.25) is 4.99 Å². The molecule has 0 fully saturated rings. The number of nitrogens with one attached hydrogen (secondary N) is 2. The second-order valence-electron chi connectivity index (χ2n) is 5.12. The summed E-state index contributed by atoms with van der Waals surface area (Å²) in [7, 11) is 3.29. The molecule has 2 aromatic carbocycles. The van der Waals surface area contributed by atoms with Gasteiger partial charge in [0.05, 0.1) is 13.7 Å². The summed E-state index contributed by atoms with van der Waals surface area (Å²) in [6.45, 7) is 1.35. The van der Waals surface area contributed by atoms with Gasteiger partial charge in [0.15, 0.2) is 17.6 Å². The van der Waals surface area contributed by atoms with Gasteiger partial charge < -0.3 is 20.1 Å². The van der Waals surface area contributed by atoms with Gasteiger partial charge in [-0.15, -0.1) is 0 Å². The Morgan fingerprint density at radius 2 is 1.72 bits per heavy atom. The van der Waals surface area contributed by atoms with E-state index in [9.17, 15) is 8.78 Å². The van der Waals surface area contributed by atoms with Crippen LogP contribution in [0.5, 0.6) is 11.5 Å². The smallest absolute Gasteiger partial charge is 0.191 e. The molecule has 0 bridgehead atoms. The number of rotatable bonds is 7.